The summed E-state index contributed by atoms with van der Waals surface area (Å²) in [6.45, 7) is 5.22. The van der Waals surface area contributed by atoms with Gasteiger partial charge in [-0.2, -0.15) is 13.2 Å². The fraction of sp³-hybridized carbons (Fsp3) is 0.480. The zero-order chi connectivity index (χ0) is 49.8. The summed E-state index contributed by atoms with van der Waals surface area (Å²) in [5.41, 5.74) is 6.72. The van der Waals surface area contributed by atoms with Gasteiger partial charge in [-0.15, -0.1) is 0 Å². The van der Waals surface area contributed by atoms with Gasteiger partial charge in [0.05, 0.1) is 42.0 Å². The SMILES string of the molecule is CNC(=O)C1CCN(C(=O)C2CCN(c3ccc4c(c3)C(=O)N(C3CCC(=O)NC3=O)C4=O)CC2)C(CC2(COc3cc4c(NC(C)c5cc(N)cc(C(F)(F)F)c5)nc(C)nc4cc3OC)CC2)C1. The molecule has 1 aliphatic carbocycles. The number of nitrogen functional groups attached to an aromatic ring is 1. The molecule has 1 saturated carbocycles. The maximum Gasteiger partial charge on any atom is 0.416 e. The van der Waals surface area contributed by atoms with E-state index in [1.54, 1.807) is 51.2 Å². The van der Waals surface area contributed by atoms with Crippen LogP contribution < -0.4 is 36.1 Å². The Hall–Kier alpha value is -6.99. The van der Waals surface area contributed by atoms with Crippen molar-refractivity contribution in [3.63, 3.8) is 0 Å². The number of likely N-dealkylation sites (tertiary alicyclic amines) is 1. The van der Waals surface area contributed by atoms with Crippen LogP contribution in [0, 0.1) is 24.2 Å². The number of amides is 6. The average Bonchev–Trinajstić information content (AvgIpc) is 4.06. The maximum absolute atomic E-state index is 14.6. The Kier molecular flexibility index (Phi) is 12.9. The second kappa shape index (κ2) is 18.7. The van der Waals surface area contributed by atoms with Crippen LogP contribution in [0.3, 0.4) is 0 Å². The molecule has 4 aliphatic heterocycles. The molecule has 0 bridgehead atoms. The number of nitrogens with one attached hydrogen (secondary N) is 3. The molecule has 1 aromatic heterocycles. The lowest BCUT2D eigenvalue weighted by molar-refractivity contribution is -0.143. The molecular weight excluding hydrogens is 912 g/mol. The van der Waals surface area contributed by atoms with E-state index in [0.717, 1.165) is 35.6 Å². The zero-order valence-corrected chi connectivity index (χ0v) is 39.4. The summed E-state index contributed by atoms with van der Waals surface area (Å²) in [4.78, 5) is 92.9. The lowest BCUT2D eigenvalue weighted by Gasteiger charge is -2.43. The number of carbonyl (C=O) groups is 6. The monoisotopic (exact) mass is 967 g/mol. The topological polar surface area (TPSA) is 218 Å². The predicted octanol–water partition coefficient (Wildman–Crippen LogP) is 5.94. The molecule has 4 unspecified atom stereocenters. The normalized spacial score (nSPS) is 21.9. The molecule has 4 fully saturated rings. The minimum Gasteiger partial charge on any atom is -0.493 e. The first-order chi connectivity index (χ1) is 33.3. The maximum atomic E-state index is 14.6. The third kappa shape index (κ3) is 9.51. The number of aromatic nitrogens is 2. The van der Waals surface area contributed by atoms with E-state index in [0.29, 0.717) is 98.0 Å². The third-order valence-corrected chi connectivity index (χ3v) is 14.7. The highest BCUT2D eigenvalue weighted by Crippen LogP contribution is 2.52. The number of anilines is 3. The highest BCUT2D eigenvalue weighted by Gasteiger charge is 2.49. The Morgan fingerprint density at radius 3 is 2.34 bits per heavy atom. The van der Waals surface area contributed by atoms with Crippen LogP contribution in [0.5, 0.6) is 11.5 Å². The molecule has 5 aliphatic rings. The predicted molar refractivity (Wildman–Crippen MR) is 251 cm³/mol. The number of methoxy groups -OCH3 is 1. The Labute approximate surface area is 402 Å². The molecule has 0 spiro atoms. The molecule has 3 aromatic carbocycles. The number of imide groups is 2. The smallest absolute Gasteiger partial charge is 0.416 e. The van der Waals surface area contributed by atoms with Crippen molar-refractivity contribution in [3.05, 3.63) is 76.6 Å². The number of aryl methyl sites for hydroxylation is 1. The number of fused-ring (bicyclic) bond motifs is 2. The second-order valence-corrected chi connectivity index (χ2v) is 19.3. The molecule has 4 aromatic rings. The van der Waals surface area contributed by atoms with E-state index in [9.17, 15) is 41.9 Å². The number of nitrogens with zero attached hydrogens (tertiary/aromatic N) is 5. The van der Waals surface area contributed by atoms with Crippen molar-refractivity contribution in [2.45, 2.75) is 95.9 Å². The highest BCUT2D eigenvalue weighted by atomic mass is 19.4. The van der Waals surface area contributed by atoms with Gasteiger partial charge in [-0.05, 0) is 113 Å². The van der Waals surface area contributed by atoms with Crippen LogP contribution in [-0.4, -0.2) is 108 Å². The van der Waals surface area contributed by atoms with E-state index < -0.39 is 47.5 Å². The van der Waals surface area contributed by atoms with E-state index in [-0.39, 0.29) is 64.8 Å². The van der Waals surface area contributed by atoms with Gasteiger partial charge in [0.1, 0.15) is 17.7 Å². The summed E-state index contributed by atoms with van der Waals surface area (Å²) < 4.78 is 53.4. The van der Waals surface area contributed by atoms with Gasteiger partial charge in [0.2, 0.25) is 23.6 Å². The van der Waals surface area contributed by atoms with E-state index in [4.69, 9.17) is 15.2 Å². The number of piperidine rings is 3. The molecular formula is C50H56F3N9O8. The molecule has 4 atom stereocenters. The van der Waals surface area contributed by atoms with Crippen LogP contribution in [0.2, 0.25) is 0 Å². The standard InChI is InChI=1S/C50H56F3N9O8/c1-26(30-17-31(50(51,52)53)20-32(54)18-30)56-43-37-22-41(40(69-4)23-38(37)57-27(2)58-43)70-25-49(12-13-49)24-34-19-29(44(64)55-3)11-16-61(34)46(66)28-9-14-60(15-10-28)33-5-6-35-36(21-33)48(68)62(47(35)67)39-7-8-42(63)59-45(39)65/h5-6,17-18,20-23,26,28-29,34,39H,7-16,19,24-25,54H2,1-4H3,(H,55,64)(H,56,57,58)(H,59,63,65). The molecule has 370 valence electrons. The number of halogens is 3. The van der Waals surface area contributed by atoms with Crippen LogP contribution in [-0.2, 0) is 25.4 Å². The third-order valence-electron chi connectivity index (χ3n) is 14.7. The van der Waals surface area contributed by atoms with Gasteiger partial charge in [-0.1, -0.05) is 0 Å². The van der Waals surface area contributed by atoms with E-state index >= 15 is 0 Å². The van der Waals surface area contributed by atoms with Gasteiger partial charge in [0, 0.05) is 79.2 Å². The summed E-state index contributed by atoms with van der Waals surface area (Å²) in [6, 6.07) is 10.1. The van der Waals surface area contributed by atoms with Crippen LogP contribution in [0.4, 0.5) is 30.4 Å². The molecule has 9 rings (SSSR count). The summed E-state index contributed by atoms with van der Waals surface area (Å²) in [5, 5.41) is 8.84. The van der Waals surface area contributed by atoms with E-state index in [1.807, 2.05) is 4.90 Å². The van der Waals surface area contributed by atoms with Crippen molar-refractivity contribution in [1.82, 2.24) is 30.4 Å². The molecule has 0 radical (unpaired) electrons. The summed E-state index contributed by atoms with van der Waals surface area (Å²) in [5.74, 6) is -1.14. The second-order valence-electron chi connectivity index (χ2n) is 19.3. The summed E-state index contributed by atoms with van der Waals surface area (Å²) in [7, 11) is 3.14. The molecule has 70 heavy (non-hydrogen) atoms. The quantitative estimate of drug-likeness (QED) is 0.0902. The lowest BCUT2D eigenvalue weighted by atomic mass is 9.83. The fourth-order valence-corrected chi connectivity index (χ4v) is 10.6. The van der Waals surface area contributed by atoms with Crippen molar-refractivity contribution in [2.75, 3.05) is 56.3 Å². The lowest BCUT2D eigenvalue weighted by Crippen LogP contribution is -2.54. The molecule has 3 saturated heterocycles. The number of hydrogen-bond donors (Lipinski definition) is 4. The van der Waals surface area contributed by atoms with Crippen LogP contribution in [0.25, 0.3) is 10.9 Å². The number of carbonyl (C=O) groups excluding carboxylic acids is 6. The van der Waals surface area contributed by atoms with Gasteiger partial charge < -0.3 is 35.6 Å². The minimum absolute atomic E-state index is 0.0141. The number of ether oxygens (including phenoxy) is 2. The van der Waals surface area contributed by atoms with Gasteiger partial charge in [-0.3, -0.25) is 39.0 Å². The van der Waals surface area contributed by atoms with Gasteiger partial charge in [-0.25, -0.2) is 9.97 Å². The van der Waals surface area contributed by atoms with Crippen LogP contribution >= 0.6 is 0 Å². The van der Waals surface area contributed by atoms with Crippen molar-refractivity contribution < 1.29 is 51.4 Å². The zero-order valence-electron chi connectivity index (χ0n) is 39.4. The van der Waals surface area contributed by atoms with Gasteiger partial charge >= 0.3 is 6.18 Å². The highest BCUT2D eigenvalue weighted by molar-refractivity contribution is 6.23. The molecule has 20 heteroatoms. The number of hydrogen-bond acceptors (Lipinski definition) is 13. The van der Waals surface area contributed by atoms with Crippen molar-refractivity contribution in [3.8, 4) is 11.5 Å². The first kappa shape index (κ1) is 48.1. The van der Waals surface area contributed by atoms with Gasteiger partial charge in [0.25, 0.3) is 11.8 Å². The minimum atomic E-state index is -4.57. The number of nitrogens with two attached hydrogens (primary N) is 1. The van der Waals surface area contributed by atoms with Crippen molar-refractivity contribution >= 4 is 63.5 Å². The first-order valence-corrected chi connectivity index (χ1v) is 23.7. The Morgan fingerprint density at radius 2 is 1.66 bits per heavy atom. The van der Waals surface area contributed by atoms with Gasteiger partial charge in [0.15, 0.2) is 11.5 Å². The van der Waals surface area contributed by atoms with Crippen LogP contribution in [0.15, 0.2) is 48.5 Å². The number of benzene rings is 3. The largest absolute Gasteiger partial charge is 0.493 e. The molecule has 6 amide bonds. The average molecular weight is 968 g/mol. The Morgan fingerprint density at radius 1 is 0.929 bits per heavy atom. The molecule has 5 heterocycles. The molecule has 17 nitrogen and oxygen atoms in total. The first-order valence-electron chi connectivity index (χ1n) is 23.7. The van der Waals surface area contributed by atoms with Crippen molar-refractivity contribution in [2.24, 2.45) is 17.3 Å². The Balaban J connectivity index is 0.878. The van der Waals surface area contributed by atoms with Crippen molar-refractivity contribution in [1.29, 1.82) is 0 Å². The number of rotatable bonds is 13. The fourth-order valence-electron chi connectivity index (χ4n) is 10.6. The number of alkyl halides is 3. The summed E-state index contributed by atoms with van der Waals surface area (Å²) >= 11 is 0. The van der Waals surface area contributed by atoms with Crippen LogP contribution in [0.1, 0.15) is 108 Å². The summed E-state index contributed by atoms with van der Waals surface area (Å²) in [6.07, 6.45) is -0.0284. The van der Waals surface area contributed by atoms with E-state index in [2.05, 4.69) is 30.8 Å². The molecule has 5 N–H and O–H groups in total. The Bertz CT molecular complexity index is 2790. The van der Waals surface area contributed by atoms with E-state index in [1.165, 1.54) is 13.2 Å².